The second-order valence-corrected chi connectivity index (χ2v) is 6.78. The quantitative estimate of drug-likeness (QED) is 0.588. The van der Waals surface area contributed by atoms with Crippen LogP contribution in [0.4, 0.5) is 5.69 Å². The number of nitrogens with zero attached hydrogens (tertiary/aromatic N) is 3. The summed E-state index contributed by atoms with van der Waals surface area (Å²) in [5.74, 6) is -0.127. The number of hydrogen-bond donors (Lipinski definition) is 2. The van der Waals surface area contributed by atoms with Crippen LogP contribution in [0.5, 0.6) is 0 Å². The number of imidazole rings is 1. The first kappa shape index (κ1) is 19.5. The average Bonchev–Trinajstić information content (AvgIpc) is 3.00. The SMILES string of the molecule is Cc1cc(NC(=O)CCCCCNC(=O)c2c(C)nc3ccccn23)ccn1. The molecule has 0 atom stereocenters. The Labute approximate surface area is 164 Å². The number of rotatable bonds is 8. The van der Waals surface area contributed by atoms with Gasteiger partial charge in [-0.1, -0.05) is 12.5 Å². The highest BCUT2D eigenvalue weighted by Crippen LogP contribution is 2.12. The number of amides is 2. The maximum atomic E-state index is 12.5. The molecule has 3 aromatic heterocycles. The number of nitrogens with one attached hydrogen (secondary N) is 2. The van der Waals surface area contributed by atoms with E-state index in [2.05, 4.69) is 20.6 Å². The number of hydrogen-bond acceptors (Lipinski definition) is 4. The first-order valence-corrected chi connectivity index (χ1v) is 9.49. The standard InChI is InChI=1S/C21H25N5O2/c1-15-14-17(10-12-22-15)25-19(27)9-4-3-6-11-23-21(28)20-16(2)24-18-8-5-7-13-26(18)20/h5,7-8,10,12-14H,3-4,6,9,11H2,1-2H3,(H,23,28)(H,22,25,27). The molecule has 28 heavy (non-hydrogen) atoms. The van der Waals surface area contributed by atoms with Gasteiger partial charge < -0.3 is 10.6 Å². The molecule has 3 aromatic rings. The van der Waals surface area contributed by atoms with Gasteiger partial charge in [-0.2, -0.15) is 0 Å². The highest BCUT2D eigenvalue weighted by atomic mass is 16.2. The van der Waals surface area contributed by atoms with Crippen molar-refractivity contribution in [1.82, 2.24) is 19.7 Å². The predicted molar refractivity (Wildman–Crippen MR) is 108 cm³/mol. The summed E-state index contributed by atoms with van der Waals surface area (Å²) in [4.78, 5) is 33.0. The molecule has 2 N–H and O–H groups in total. The van der Waals surface area contributed by atoms with Gasteiger partial charge in [-0.05, 0) is 51.0 Å². The highest BCUT2D eigenvalue weighted by molar-refractivity contribution is 5.94. The maximum absolute atomic E-state index is 12.5. The summed E-state index contributed by atoms with van der Waals surface area (Å²) in [7, 11) is 0. The summed E-state index contributed by atoms with van der Waals surface area (Å²) < 4.78 is 1.80. The fourth-order valence-corrected chi connectivity index (χ4v) is 3.11. The van der Waals surface area contributed by atoms with Crippen molar-refractivity contribution in [2.24, 2.45) is 0 Å². The van der Waals surface area contributed by atoms with E-state index in [-0.39, 0.29) is 11.8 Å². The fraction of sp³-hybridized carbons (Fsp3) is 0.333. The largest absolute Gasteiger partial charge is 0.351 e. The third-order valence-electron chi connectivity index (χ3n) is 4.47. The summed E-state index contributed by atoms with van der Waals surface area (Å²) in [6, 6.07) is 9.28. The van der Waals surface area contributed by atoms with Crippen LogP contribution in [-0.4, -0.2) is 32.7 Å². The summed E-state index contributed by atoms with van der Waals surface area (Å²) in [6.07, 6.45) is 6.45. The molecule has 0 aliphatic carbocycles. The molecule has 0 radical (unpaired) electrons. The van der Waals surface area contributed by atoms with E-state index >= 15 is 0 Å². The van der Waals surface area contributed by atoms with Crippen molar-refractivity contribution in [3.8, 4) is 0 Å². The molecule has 7 nitrogen and oxygen atoms in total. The summed E-state index contributed by atoms with van der Waals surface area (Å²) in [6.45, 7) is 4.30. The Morgan fingerprint density at radius 2 is 1.96 bits per heavy atom. The van der Waals surface area contributed by atoms with Crippen LogP contribution < -0.4 is 10.6 Å². The van der Waals surface area contributed by atoms with E-state index in [0.29, 0.717) is 24.4 Å². The summed E-state index contributed by atoms with van der Waals surface area (Å²) >= 11 is 0. The normalized spacial score (nSPS) is 10.8. The molecule has 0 aliphatic rings. The van der Waals surface area contributed by atoms with Crippen molar-refractivity contribution < 1.29 is 9.59 Å². The van der Waals surface area contributed by atoms with Crippen molar-refractivity contribution in [2.75, 3.05) is 11.9 Å². The van der Waals surface area contributed by atoms with Crippen molar-refractivity contribution in [3.63, 3.8) is 0 Å². The second-order valence-electron chi connectivity index (χ2n) is 6.78. The Bertz CT molecular complexity index is 980. The Kier molecular flexibility index (Phi) is 6.37. The number of carbonyl (C=O) groups excluding carboxylic acids is 2. The zero-order chi connectivity index (χ0) is 19.9. The molecule has 2 amide bonds. The van der Waals surface area contributed by atoms with Crippen molar-refractivity contribution in [2.45, 2.75) is 39.5 Å². The maximum Gasteiger partial charge on any atom is 0.270 e. The van der Waals surface area contributed by atoms with Crippen LogP contribution in [0, 0.1) is 13.8 Å². The van der Waals surface area contributed by atoms with E-state index in [1.54, 1.807) is 16.7 Å². The molecule has 0 aliphatic heterocycles. The van der Waals surface area contributed by atoms with E-state index in [0.717, 1.165) is 36.3 Å². The molecule has 0 saturated carbocycles. The molecule has 0 aromatic carbocycles. The number of carbonyl (C=O) groups is 2. The zero-order valence-corrected chi connectivity index (χ0v) is 16.2. The summed E-state index contributed by atoms with van der Waals surface area (Å²) in [5, 5.41) is 5.82. The van der Waals surface area contributed by atoms with Gasteiger partial charge in [0, 0.05) is 36.7 Å². The van der Waals surface area contributed by atoms with Crippen LogP contribution >= 0.6 is 0 Å². The Morgan fingerprint density at radius 3 is 2.79 bits per heavy atom. The highest BCUT2D eigenvalue weighted by Gasteiger charge is 2.15. The van der Waals surface area contributed by atoms with E-state index in [9.17, 15) is 9.59 Å². The first-order chi connectivity index (χ1) is 13.5. The average molecular weight is 379 g/mol. The van der Waals surface area contributed by atoms with Crippen LogP contribution in [-0.2, 0) is 4.79 Å². The van der Waals surface area contributed by atoms with E-state index in [1.807, 2.05) is 44.3 Å². The summed E-state index contributed by atoms with van der Waals surface area (Å²) in [5.41, 5.74) is 3.69. The minimum Gasteiger partial charge on any atom is -0.351 e. The van der Waals surface area contributed by atoms with Gasteiger partial charge in [-0.25, -0.2) is 4.98 Å². The lowest BCUT2D eigenvalue weighted by Gasteiger charge is -2.07. The Morgan fingerprint density at radius 1 is 1.11 bits per heavy atom. The number of unbranched alkanes of at least 4 members (excludes halogenated alkanes) is 2. The third kappa shape index (κ3) is 4.94. The van der Waals surface area contributed by atoms with Crippen molar-refractivity contribution in [3.05, 3.63) is 59.8 Å². The molecule has 0 unspecified atom stereocenters. The van der Waals surface area contributed by atoms with Crippen molar-refractivity contribution in [1.29, 1.82) is 0 Å². The molecule has 0 bridgehead atoms. The van der Waals surface area contributed by atoms with Gasteiger partial charge in [0.05, 0.1) is 5.69 Å². The van der Waals surface area contributed by atoms with E-state index in [4.69, 9.17) is 0 Å². The van der Waals surface area contributed by atoms with Gasteiger partial charge in [-0.15, -0.1) is 0 Å². The zero-order valence-electron chi connectivity index (χ0n) is 16.2. The third-order valence-corrected chi connectivity index (χ3v) is 4.47. The van der Waals surface area contributed by atoms with Crippen molar-refractivity contribution >= 4 is 23.1 Å². The van der Waals surface area contributed by atoms with Crippen LogP contribution in [0.2, 0.25) is 0 Å². The van der Waals surface area contributed by atoms with Crippen LogP contribution in [0.25, 0.3) is 5.65 Å². The number of aromatic nitrogens is 3. The minimum absolute atomic E-state index is 0.00371. The molecule has 146 valence electrons. The lowest BCUT2D eigenvalue weighted by Crippen LogP contribution is -2.26. The molecule has 3 rings (SSSR count). The van der Waals surface area contributed by atoms with Gasteiger partial charge in [0.15, 0.2) is 0 Å². The van der Waals surface area contributed by atoms with Crippen LogP contribution in [0.1, 0.15) is 47.6 Å². The predicted octanol–water partition coefficient (Wildman–Crippen LogP) is 3.28. The van der Waals surface area contributed by atoms with Gasteiger partial charge in [0.2, 0.25) is 5.91 Å². The molecule has 0 spiro atoms. The van der Waals surface area contributed by atoms with E-state index < -0.39 is 0 Å². The number of anilines is 1. The van der Waals surface area contributed by atoms with Crippen LogP contribution in [0.3, 0.4) is 0 Å². The minimum atomic E-state index is -0.123. The smallest absolute Gasteiger partial charge is 0.270 e. The van der Waals surface area contributed by atoms with E-state index in [1.165, 1.54) is 0 Å². The topological polar surface area (TPSA) is 88.4 Å². The molecule has 0 saturated heterocycles. The molecular formula is C21H25N5O2. The Hall–Kier alpha value is -3.22. The lowest BCUT2D eigenvalue weighted by molar-refractivity contribution is -0.116. The molecule has 0 fully saturated rings. The molecule has 3 heterocycles. The molecular weight excluding hydrogens is 354 g/mol. The first-order valence-electron chi connectivity index (χ1n) is 9.49. The lowest BCUT2D eigenvalue weighted by atomic mass is 10.2. The van der Waals surface area contributed by atoms with Gasteiger partial charge >= 0.3 is 0 Å². The second kappa shape index (κ2) is 9.12. The van der Waals surface area contributed by atoms with Crippen LogP contribution in [0.15, 0.2) is 42.7 Å². The number of fused-ring (bicyclic) bond motifs is 1. The van der Waals surface area contributed by atoms with Gasteiger partial charge in [0.25, 0.3) is 5.91 Å². The monoisotopic (exact) mass is 379 g/mol. The van der Waals surface area contributed by atoms with Gasteiger partial charge in [0.1, 0.15) is 11.3 Å². The fourth-order valence-electron chi connectivity index (χ4n) is 3.11. The number of pyridine rings is 2. The van der Waals surface area contributed by atoms with Gasteiger partial charge in [-0.3, -0.25) is 19.0 Å². The molecule has 7 heteroatoms. The number of aryl methyl sites for hydroxylation is 2. The Balaban J connectivity index is 1.37.